The zero-order chi connectivity index (χ0) is 18.2. The second kappa shape index (κ2) is 6.31. The molecule has 0 saturated heterocycles. The molecule has 7 heteroatoms. The smallest absolute Gasteiger partial charge is 0.373 e. The molecule has 0 saturated carbocycles. The molecule has 0 bridgehead atoms. The van der Waals surface area contributed by atoms with Gasteiger partial charge in [0.1, 0.15) is 5.75 Å². The molecule has 128 valence electrons. The van der Waals surface area contributed by atoms with Crippen LogP contribution in [0.1, 0.15) is 5.56 Å². The Morgan fingerprint density at radius 2 is 1.80 bits per heavy atom. The topological polar surface area (TPSA) is 89.7 Å². The van der Waals surface area contributed by atoms with Crippen LogP contribution in [0.4, 0.5) is 5.69 Å². The third kappa shape index (κ3) is 3.40. The van der Waals surface area contributed by atoms with Gasteiger partial charge in [-0.25, -0.2) is 4.57 Å². The first-order valence-electron chi connectivity index (χ1n) is 7.54. The first-order chi connectivity index (χ1) is 11.8. The molecule has 0 amide bonds. The van der Waals surface area contributed by atoms with Crippen molar-refractivity contribution in [3.8, 4) is 16.9 Å². The van der Waals surface area contributed by atoms with Crippen LogP contribution in [0.3, 0.4) is 0 Å². The average molecular weight is 357 g/mol. The highest BCUT2D eigenvalue weighted by Crippen LogP contribution is 2.48. The van der Waals surface area contributed by atoms with E-state index in [-0.39, 0.29) is 11.4 Å². The first-order valence-corrected chi connectivity index (χ1v) is 9.56. The molecular formula is C18H16NO5P. The van der Waals surface area contributed by atoms with Gasteiger partial charge in [-0.2, -0.15) is 0 Å². The molecule has 6 nitrogen and oxygen atoms in total. The van der Waals surface area contributed by atoms with Gasteiger partial charge >= 0.3 is 7.60 Å². The molecule has 0 fully saturated rings. The summed E-state index contributed by atoms with van der Waals surface area (Å²) >= 11 is 0. The van der Waals surface area contributed by atoms with Crippen LogP contribution < -0.4 is 4.52 Å². The Balaban J connectivity index is 2.40. The van der Waals surface area contributed by atoms with E-state index in [0.29, 0.717) is 22.1 Å². The van der Waals surface area contributed by atoms with Gasteiger partial charge in [0.2, 0.25) is 0 Å². The van der Waals surface area contributed by atoms with Crippen LogP contribution in [-0.4, -0.2) is 16.5 Å². The van der Waals surface area contributed by atoms with Crippen LogP contribution in [0.2, 0.25) is 0 Å². The van der Waals surface area contributed by atoms with Crippen molar-refractivity contribution in [2.75, 3.05) is 6.66 Å². The van der Waals surface area contributed by atoms with Crippen molar-refractivity contribution in [3.63, 3.8) is 0 Å². The fourth-order valence-electron chi connectivity index (χ4n) is 2.86. The molecule has 3 aromatic rings. The lowest BCUT2D eigenvalue weighted by molar-refractivity contribution is -0.384. The highest BCUT2D eigenvalue weighted by atomic mass is 31.2. The van der Waals surface area contributed by atoms with Crippen molar-refractivity contribution in [1.29, 1.82) is 0 Å². The molecule has 0 radical (unpaired) electrons. The van der Waals surface area contributed by atoms with Crippen molar-refractivity contribution in [3.05, 3.63) is 70.3 Å². The van der Waals surface area contributed by atoms with E-state index in [0.717, 1.165) is 12.1 Å². The zero-order valence-corrected chi connectivity index (χ0v) is 14.6. The lowest BCUT2D eigenvalue weighted by Crippen LogP contribution is -1.98. The fraction of sp³-hybridized carbons (Fsp3) is 0.111. The van der Waals surface area contributed by atoms with E-state index in [1.54, 1.807) is 37.3 Å². The standard InChI is InChI=1S/C18H16NO5P/c1-12-6-5-9-16(19(20)21)17(12)15-11-10-13-7-3-4-8-14(13)18(15)24-25(2,22)23/h3-11H,1-2H3,(H,22,23). The van der Waals surface area contributed by atoms with E-state index in [1.165, 1.54) is 6.07 Å². The van der Waals surface area contributed by atoms with Gasteiger partial charge in [0.25, 0.3) is 5.69 Å². The molecule has 3 rings (SSSR count). The van der Waals surface area contributed by atoms with E-state index in [4.69, 9.17) is 4.52 Å². The van der Waals surface area contributed by atoms with E-state index in [2.05, 4.69) is 0 Å². The quantitative estimate of drug-likeness (QED) is 0.407. The Labute approximate surface area is 144 Å². The summed E-state index contributed by atoms with van der Waals surface area (Å²) in [4.78, 5) is 20.8. The Kier molecular flexibility index (Phi) is 4.33. The minimum absolute atomic E-state index is 0.0796. The predicted octanol–water partition coefficient (Wildman–Crippen LogP) is 4.92. The summed E-state index contributed by atoms with van der Waals surface area (Å²) in [7, 11) is -3.86. The zero-order valence-electron chi connectivity index (χ0n) is 13.7. The number of benzene rings is 3. The highest BCUT2D eigenvalue weighted by molar-refractivity contribution is 7.52. The summed E-state index contributed by atoms with van der Waals surface area (Å²) in [5, 5.41) is 12.9. The monoisotopic (exact) mass is 357 g/mol. The maximum Gasteiger partial charge on any atom is 0.373 e. The molecule has 1 atom stereocenters. The second-order valence-electron chi connectivity index (χ2n) is 5.78. The van der Waals surface area contributed by atoms with Gasteiger partial charge in [-0.3, -0.25) is 10.1 Å². The fourth-order valence-corrected chi connectivity index (χ4v) is 3.40. The number of fused-ring (bicyclic) bond motifs is 1. The summed E-state index contributed by atoms with van der Waals surface area (Å²) in [6.07, 6.45) is 0. The molecule has 1 unspecified atom stereocenters. The molecule has 0 spiro atoms. The maximum absolute atomic E-state index is 11.9. The van der Waals surface area contributed by atoms with Crippen LogP contribution in [0.25, 0.3) is 21.9 Å². The van der Waals surface area contributed by atoms with Gasteiger partial charge < -0.3 is 9.42 Å². The van der Waals surface area contributed by atoms with E-state index in [1.807, 2.05) is 18.2 Å². The number of rotatable bonds is 4. The van der Waals surface area contributed by atoms with Crippen LogP contribution in [-0.2, 0) is 4.57 Å². The Hall–Kier alpha value is -2.69. The molecule has 0 aliphatic carbocycles. The van der Waals surface area contributed by atoms with E-state index < -0.39 is 12.5 Å². The third-order valence-electron chi connectivity index (χ3n) is 3.86. The summed E-state index contributed by atoms with van der Waals surface area (Å²) in [6, 6.07) is 15.5. The van der Waals surface area contributed by atoms with Gasteiger partial charge in [-0.15, -0.1) is 0 Å². The van der Waals surface area contributed by atoms with E-state index in [9.17, 15) is 19.6 Å². The van der Waals surface area contributed by atoms with E-state index >= 15 is 0 Å². The minimum Gasteiger partial charge on any atom is -0.423 e. The van der Waals surface area contributed by atoms with Gasteiger partial charge in [-0.1, -0.05) is 42.5 Å². The Morgan fingerprint density at radius 3 is 2.48 bits per heavy atom. The van der Waals surface area contributed by atoms with Crippen LogP contribution in [0.15, 0.2) is 54.6 Å². The van der Waals surface area contributed by atoms with Crippen LogP contribution >= 0.6 is 7.60 Å². The normalized spacial score (nSPS) is 13.4. The molecule has 0 aliphatic heterocycles. The number of hydrogen-bond donors (Lipinski definition) is 1. The molecule has 3 aromatic carbocycles. The molecule has 0 aliphatic rings. The van der Waals surface area contributed by atoms with Crippen molar-refractivity contribution in [2.45, 2.75) is 6.92 Å². The number of nitro groups is 1. The predicted molar refractivity (Wildman–Crippen MR) is 97.2 cm³/mol. The number of hydrogen-bond acceptors (Lipinski definition) is 4. The average Bonchev–Trinajstić information content (AvgIpc) is 2.54. The molecule has 1 N–H and O–H groups in total. The first kappa shape index (κ1) is 17.1. The molecular weight excluding hydrogens is 341 g/mol. The summed E-state index contributed by atoms with van der Waals surface area (Å²) < 4.78 is 17.3. The molecule has 25 heavy (non-hydrogen) atoms. The Morgan fingerprint density at radius 1 is 1.08 bits per heavy atom. The second-order valence-corrected chi connectivity index (χ2v) is 7.57. The summed E-state index contributed by atoms with van der Waals surface area (Å²) in [6.45, 7) is 2.84. The minimum atomic E-state index is -3.86. The third-order valence-corrected chi connectivity index (χ3v) is 4.38. The molecule has 0 heterocycles. The van der Waals surface area contributed by atoms with Crippen molar-refractivity contribution in [2.24, 2.45) is 0 Å². The van der Waals surface area contributed by atoms with Crippen LogP contribution in [0.5, 0.6) is 5.75 Å². The summed E-state index contributed by atoms with van der Waals surface area (Å²) in [5.74, 6) is 0.170. The maximum atomic E-state index is 11.9. The van der Waals surface area contributed by atoms with Gasteiger partial charge in [0.05, 0.1) is 10.5 Å². The van der Waals surface area contributed by atoms with Crippen molar-refractivity contribution >= 4 is 24.1 Å². The van der Waals surface area contributed by atoms with Gasteiger partial charge in [0, 0.05) is 23.7 Å². The number of nitrogens with zero attached hydrogens (tertiary/aromatic N) is 1. The lowest BCUT2D eigenvalue weighted by Gasteiger charge is -2.17. The van der Waals surface area contributed by atoms with Crippen LogP contribution in [0, 0.1) is 17.0 Å². The largest absolute Gasteiger partial charge is 0.423 e. The van der Waals surface area contributed by atoms with Gasteiger partial charge in [-0.05, 0) is 23.9 Å². The SMILES string of the molecule is Cc1cccc([N+](=O)[O-])c1-c1ccc2ccccc2c1OP(C)(=O)O. The lowest BCUT2D eigenvalue weighted by atomic mass is 9.95. The highest BCUT2D eigenvalue weighted by Gasteiger charge is 2.24. The Bertz CT molecular complexity index is 1030. The summed E-state index contributed by atoms with van der Waals surface area (Å²) in [5.41, 5.74) is 1.39. The van der Waals surface area contributed by atoms with Crippen molar-refractivity contribution in [1.82, 2.24) is 0 Å². The molecule has 0 aromatic heterocycles. The number of aryl methyl sites for hydroxylation is 1. The van der Waals surface area contributed by atoms with Crippen molar-refractivity contribution < 1.29 is 18.9 Å². The van der Waals surface area contributed by atoms with Gasteiger partial charge in [0.15, 0.2) is 0 Å². The number of nitro benzene ring substituents is 1.